The number of carboxylic acids is 1. The monoisotopic (exact) mass is 1070 g/mol. The Morgan fingerprint density at radius 2 is 1.53 bits per heavy atom. The van der Waals surface area contributed by atoms with Gasteiger partial charge in [-0.1, -0.05) is 77.8 Å². The summed E-state index contributed by atoms with van der Waals surface area (Å²) >= 11 is 0. The predicted molar refractivity (Wildman–Crippen MR) is 277 cm³/mol. The number of hydroxylamine groups is 2. The number of methoxy groups -OCH3 is 2. The first kappa shape index (κ1) is 60.9. The molecule has 1 saturated carbocycles. The summed E-state index contributed by atoms with van der Waals surface area (Å²) in [5.41, 5.74) is 0.759. The molecule has 0 unspecified atom stereocenters. The molecule has 8 amide bonds. The number of unbranched alkanes of at least 4 members (excludes halogenated alkanes) is 2. The van der Waals surface area contributed by atoms with Crippen molar-refractivity contribution in [2.45, 2.75) is 192 Å². The Bertz CT molecular complexity index is 2200. The number of carbonyl (C=O) groups is 10. The first-order valence-corrected chi connectivity index (χ1v) is 27.4. The van der Waals surface area contributed by atoms with Crippen molar-refractivity contribution in [3.63, 3.8) is 0 Å². The van der Waals surface area contributed by atoms with E-state index in [0.717, 1.165) is 18.4 Å². The minimum atomic E-state index is -1.17. The highest BCUT2D eigenvalue weighted by Gasteiger charge is 2.52. The zero-order chi connectivity index (χ0) is 55.8. The number of ether oxygens (including phenoxy) is 2. The van der Waals surface area contributed by atoms with Crippen molar-refractivity contribution < 1.29 is 67.4 Å². The van der Waals surface area contributed by atoms with Crippen molar-refractivity contribution >= 4 is 59.2 Å². The summed E-state index contributed by atoms with van der Waals surface area (Å²) in [6.07, 6.45) is 4.80. The number of nitrogens with zero attached hydrogens (tertiary/aromatic N) is 4. The number of hydrogen-bond donors (Lipinski definition) is 4. The molecule has 21 nitrogen and oxygen atoms in total. The number of piperidine rings is 1. The van der Waals surface area contributed by atoms with Gasteiger partial charge in [0.05, 0.1) is 36.6 Å². The number of rotatable bonds is 30. The molecular weight excluding hydrogens is 983 g/mol. The number of carboxylic acid groups (broad SMARTS) is 1. The smallest absolute Gasteiger partial charge is 0.333 e. The van der Waals surface area contributed by atoms with E-state index in [1.54, 1.807) is 52.9 Å². The van der Waals surface area contributed by atoms with Gasteiger partial charge in [-0.3, -0.25) is 38.4 Å². The molecule has 4 fully saturated rings. The van der Waals surface area contributed by atoms with Crippen LogP contribution in [0.3, 0.4) is 0 Å². The molecule has 1 aliphatic carbocycles. The third kappa shape index (κ3) is 15.8. The Morgan fingerprint density at radius 1 is 0.829 bits per heavy atom. The number of fused-ring (bicyclic) bond motifs is 2. The van der Waals surface area contributed by atoms with Crippen LogP contribution in [0.15, 0.2) is 30.3 Å². The van der Waals surface area contributed by atoms with E-state index < -0.39 is 78.0 Å². The summed E-state index contributed by atoms with van der Waals surface area (Å²) in [5.74, 6) is -6.25. The third-order valence-electron chi connectivity index (χ3n) is 15.9. The van der Waals surface area contributed by atoms with Crippen LogP contribution in [0.4, 0.5) is 0 Å². The molecule has 11 atom stereocenters. The SMILES string of the molecule is CC[C@H](C)[C@@H]([C@@H](CC(=O)N1CCC[C@H]1[C@H](OC)[C@@H](C)C(=O)N[C@@H](Cc1ccccc1)C(=O)O)OC)N(C)C(=O)[C@@H](NC(=O)[C@@H]1[C@H]2CC[C@H](C2)N1C(=O)CCCCCNC(=O)CCCC(=O)ON1C(=O)CCC1=O)C(C)C. The lowest BCUT2D eigenvalue weighted by Gasteiger charge is -2.41. The highest BCUT2D eigenvalue weighted by Crippen LogP contribution is 2.43. The average molecular weight is 1070 g/mol. The minimum Gasteiger partial charge on any atom is -0.480 e. The van der Waals surface area contributed by atoms with Crippen LogP contribution in [0.5, 0.6) is 0 Å². The second-order valence-corrected chi connectivity index (χ2v) is 21.4. The molecule has 76 heavy (non-hydrogen) atoms. The highest BCUT2D eigenvalue weighted by molar-refractivity contribution is 6.01. The largest absolute Gasteiger partial charge is 0.480 e. The molecule has 1 aromatic carbocycles. The molecular formula is C55H83N7O14. The lowest BCUT2D eigenvalue weighted by molar-refractivity contribution is -0.197. The normalized spacial score (nSPS) is 21.9. The molecule has 3 heterocycles. The van der Waals surface area contributed by atoms with E-state index in [2.05, 4.69) is 16.0 Å². The van der Waals surface area contributed by atoms with Crippen LogP contribution in [0.1, 0.15) is 143 Å². The van der Waals surface area contributed by atoms with E-state index >= 15 is 0 Å². The Morgan fingerprint density at radius 3 is 2.16 bits per heavy atom. The maximum Gasteiger partial charge on any atom is 0.333 e. The highest BCUT2D eigenvalue weighted by atomic mass is 16.7. The maximum absolute atomic E-state index is 14.7. The molecule has 3 aliphatic heterocycles. The van der Waals surface area contributed by atoms with Crippen LogP contribution < -0.4 is 16.0 Å². The van der Waals surface area contributed by atoms with Gasteiger partial charge in [0, 0.05) is 78.9 Å². The summed E-state index contributed by atoms with van der Waals surface area (Å²) in [6, 6.07) is 5.04. The van der Waals surface area contributed by atoms with E-state index in [0.29, 0.717) is 63.1 Å². The van der Waals surface area contributed by atoms with Gasteiger partial charge < -0.3 is 50.1 Å². The van der Waals surface area contributed by atoms with Crippen molar-refractivity contribution in [2.75, 3.05) is 34.4 Å². The standard InChI is InChI=1S/C55H83N7O14/c1-9-34(4)49(41(74-7)32-46(67)60-29-17-20-40(60)51(75-8)35(5)52(69)57-39(55(72)73)30-36-18-12-10-13-19-36)59(6)54(71)48(33(2)3)58-53(70)50-37-24-25-38(31-37)61(50)43(64)22-14-11-15-28-56-42(63)21-16-23-47(68)76-62-44(65)26-27-45(62)66/h10,12-13,18-19,33-35,37-41,48-51H,9,11,14-17,20-32H2,1-8H3,(H,56,63)(H,57,69)(H,58,70)(H,72,73)/t34-,35+,37-,38+,39-,40-,41+,48-,49-,50-,51+/m0/s1. The molecule has 0 radical (unpaired) electrons. The van der Waals surface area contributed by atoms with Crippen LogP contribution in [0.25, 0.3) is 0 Å². The Labute approximate surface area is 447 Å². The van der Waals surface area contributed by atoms with E-state index in [4.69, 9.17) is 14.3 Å². The van der Waals surface area contributed by atoms with E-state index in [1.165, 1.54) is 14.2 Å². The molecule has 2 bridgehead atoms. The van der Waals surface area contributed by atoms with E-state index in [-0.39, 0.29) is 105 Å². The number of likely N-dealkylation sites (tertiary alicyclic amines) is 2. The minimum absolute atomic E-state index is 0.00281. The quantitative estimate of drug-likeness (QED) is 0.0633. The lowest BCUT2D eigenvalue weighted by Crippen LogP contribution is -2.60. The second-order valence-electron chi connectivity index (χ2n) is 21.4. The maximum atomic E-state index is 14.7. The van der Waals surface area contributed by atoms with Crippen LogP contribution in [-0.2, 0) is 68.7 Å². The Kier molecular flexibility index (Phi) is 23.2. The summed E-state index contributed by atoms with van der Waals surface area (Å²) in [4.78, 5) is 141. The van der Waals surface area contributed by atoms with Gasteiger partial charge in [-0.15, -0.1) is 5.06 Å². The number of aliphatic carboxylic acids is 1. The summed E-state index contributed by atoms with van der Waals surface area (Å²) in [5, 5.41) is 19.0. The van der Waals surface area contributed by atoms with Crippen molar-refractivity contribution in [2.24, 2.45) is 23.7 Å². The zero-order valence-corrected chi connectivity index (χ0v) is 45.8. The fourth-order valence-electron chi connectivity index (χ4n) is 11.5. The molecule has 4 aliphatic rings. The summed E-state index contributed by atoms with van der Waals surface area (Å²) in [7, 11) is 4.65. The molecule has 3 saturated heterocycles. The van der Waals surface area contributed by atoms with Crippen molar-refractivity contribution in [1.82, 2.24) is 35.7 Å². The number of benzene rings is 1. The topological polar surface area (TPSA) is 268 Å². The van der Waals surface area contributed by atoms with Crippen molar-refractivity contribution in [3.05, 3.63) is 35.9 Å². The molecule has 4 N–H and O–H groups in total. The van der Waals surface area contributed by atoms with Crippen LogP contribution in [0, 0.1) is 23.7 Å². The molecule has 1 aromatic rings. The van der Waals surface area contributed by atoms with Gasteiger partial charge >= 0.3 is 11.9 Å². The second kappa shape index (κ2) is 29.0. The number of hydrogen-bond acceptors (Lipinski definition) is 13. The van der Waals surface area contributed by atoms with Gasteiger partial charge in [0.2, 0.25) is 35.4 Å². The number of nitrogens with one attached hydrogen (secondary N) is 3. The van der Waals surface area contributed by atoms with E-state index in [1.807, 2.05) is 33.8 Å². The molecule has 21 heteroatoms. The number of amides is 8. The number of likely N-dealkylation sites (N-methyl/N-ethyl adjacent to an activating group) is 1. The first-order valence-electron chi connectivity index (χ1n) is 27.4. The molecule has 0 spiro atoms. The van der Waals surface area contributed by atoms with Crippen LogP contribution in [0.2, 0.25) is 0 Å². The lowest BCUT2D eigenvalue weighted by atomic mass is 9.89. The zero-order valence-electron chi connectivity index (χ0n) is 45.8. The Balaban J connectivity index is 1.14. The molecule has 5 rings (SSSR count). The summed E-state index contributed by atoms with van der Waals surface area (Å²) in [6.45, 7) is 10.1. The Hall–Kier alpha value is -5.96. The van der Waals surface area contributed by atoms with Gasteiger partial charge in [0.1, 0.15) is 18.1 Å². The van der Waals surface area contributed by atoms with Gasteiger partial charge in [-0.2, -0.15) is 0 Å². The number of carbonyl (C=O) groups excluding carboxylic acids is 9. The third-order valence-corrected chi connectivity index (χ3v) is 15.9. The summed E-state index contributed by atoms with van der Waals surface area (Å²) < 4.78 is 12.0. The van der Waals surface area contributed by atoms with Gasteiger partial charge in [0.25, 0.3) is 11.8 Å². The number of imide groups is 1. The molecule has 422 valence electrons. The van der Waals surface area contributed by atoms with E-state index in [9.17, 15) is 53.1 Å². The van der Waals surface area contributed by atoms with Crippen LogP contribution >= 0.6 is 0 Å². The van der Waals surface area contributed by atoms with Crippen molar-refractivity contribution in [1.29, 1.82) is 0 Å². The fraction of sp³-hybridized carbons (Fsp3) is 0.709. The predicted octanol–water partition coefficient (Wildman–Crippen LogP) is 3.69. The van der Waals surface area contributed by atoms with Crippen LogP contribution in [-0.4, -0.2) is 167 Å². The first-order chi connectivity index (χ1) is 36.2. The average Bonchev–Trinajstić information content (AvgIpc) is 4.22. The van der Waals surface area contributed by atoms with Gasteiger partial charge in [-0.05, 0) is 74.7 Å². The fourth-order valence-corrected chi connectivity index (χ4v) is 11.5. The molecule has 0 aromatic heterocycles. The van der Waals surface area contributed by atoms with Crippen molar-refractivity contribution in [3.8, 4) is 0 Å². The van der Waals surface area contributed by atoms with Gasteiger partial charge in [0.15, 0.2) is 0 Å². The van der Waals surface area contributed by atoms with Gasteiger partial charge in [-0.25, -0.2) is 9.59 Å².